The van der Waals surface area contributed by atoms with Crippen molar-refractivity contribution in [1.82, 2.24) is 5.32 Å². The van der Waals surface area contributed by atoms with Crippen LogP contribution < -0.4 is 10.2 Å². The Morgan fingerprint density at radius 2 is 1.07 bits per heavy atom. The molecule has 0 heterocycles. The minimum Gasteiger partial charge on any atom is -0.756 e. The number of hydrogen-bond donors (Lipinski definition) is 2. The second kappa shape index (κ2) is 40.4. The molecule has 0 aliphatic carbocycles. The Balaban J connectivity index is 4.01. The molecule has 0 aromatic heterocycles. The molecule has 0 saturated carbocycles. The van der Waals surface area contributed by atoms with Crippen molar-refractivity contribution in [2.45, 2.75) is 193 Å². The van der Waals surface area contributed by atoms with E-state index in [0.717, 1.165) is 70.6 Å². The van der Waals surface area contributed by atoms with Crippen molar-refractivity contribution in [2.75, 3.05) is 40.9 Å². The average molecular weight is 833 g/mol. The van der Waals surface area contributed by atoms with Crippen molar-refractivity contribution in [2.24, 2.45) is 0 Å². The quantitative estimate of drug-likeness (QED) is 0.0275. The van der Waals surface area contributed by atoms with Crippen LogP contribution >= 0.6 is 7.82 Å². The van der Waals surface area contributed by atoms with Gasteiger partial charge in [-0.05, 0) is 64.2 Å². The van der Waals surface area contributed by atoms with Crippen LogP contribution in [-0.2, 0) is 18.4 Å². The molecule has 0 aliphatic rings. The molecule has 3 atom stereocenters. The highest BCUT2D eigenvalue weighted by atomic mass is 31.2. The normalized spacial score (nSPS) is 14.9. The molecule has 336 valence electrons. The standard InChI is InChI=1S/C49H89N2O6P/c1-6-8-10-12-14-15-16-17-18-19-20-21-22-23-24-25-26-27-28-29-30-31-32-33-34-35-37-39-41-43-49(53)50-47(48(52)42-40-38-36-13-11-9-7-2)46-57-58(54,55)56-45-44-51(3,4)5/h8,10-11,13-15,17-18,20-21,40,42,47-48,52H,6-7,9,12,16,19,22-39,41,43-46H2,1-5H3,(H-,50,53,54,55)/b10-8-,13-11+,15-14-,18-17-,21-20-,42-40+. The molecule has 0 rings (SSSR count). The van der Waals surface area contributed by atoms with Gasteiger partial charge >= 0.3 is 0 Å². The summed E-state index contributed by atoms with van der Waals surface area (Å²) in [5.74, 6) is -0.215. The molecule has 2 N–H and O–H groups in total. The van der Waals surface area contributed by atoms with Gasteiger partial charge in [0.15, 0.2) is 0 Å². The Hall–Kier alpha value is -2.06. The van der Waals surface area contributed by atoms with Crippen LogP contribution in [0.1, 0.15) is 181 Å². The number of allylic oxidation sites excluding steroid dienone is 11. The molecule has 0 aromatic rings. The van der Waals surface area contributed by atoms with Gasteiger partial charge in [0, 0.05) is 6.42 Å². The zero-order chi connectivity index (χ0) is 42.8. The number of likely N-dealkylation sites (N-methyl/N-ethyl adjacent to an activating group) is 1. The lowest BCUT2D eigenvalue weighted by Crippen LogP contribution is -2.45. The van der Waals surface area contributed by atoms with E-state index in [2.05, 4.69) is 79.9 Å². The van der Waals surface area contributed by atoms with E-state index < -0.39 is 26.6 Å². The van der Waals surface area contributed by atoms with E-state index in [1.165, 1.54) is 89.9 Å². The van der Waals surface area contributed by atoms with Gasteiger partial charge in [0.05, 0.1) is 39.9 Å². The first kappa shape index (κ1) is 55.9. The van der Waals surface area contributed by atoms with Crippen molar-refractivity contribution < 1.29 is 32.9 Å². The van der Waals surface area contributed by atoms with Gasteiger partial charge in [-0.15, -0.1) is 0 Å². The molecule has 58 heavy (non-hydrogen) atoms. The minimum atomic E-state index is -4.59. The van der Waals surface area contributed by atoms with Crippen LogP contribution in [0, 0.1) is 0 Å². The van der Waals surface area contributed by atoms with Crippen molar-refractivity contribution in [3.8, 4) is 0 Å². The van der Waals surface area contributed by atoms with Crippen molar-refractivity contribution >= 4 is 13.7 Å². The number of nitrogens with zero attached hydrogens (tertiary/aromatic N) is 1. The molecule has 0 fully saturated rings. The number of amides is 1. The molecule has 0 saturated heterocycles. The van der Waals surface area contributed by atoms with Gasteiger partial charge in [-0.25, -0.2) is 0 Å². The maximum Gasteiger partial charge on any atom is 0.268 e. The molecule has 8 nitrogen and oxygen atoms in total. The first-order valence-corrected chi connectivity index (χ1v) is 24.8. The predicted molar refractivity (Wildman–Crippen MR) is 247 cm³/mol. The first-order valence-electron chi connectivity index (χ1n) is 23.3. The maximum absolute atomic E-state index is 12.8. The lowest BCUT2D eigenvalue weighted by Gasteiger charge is -2.29. The molecule has 0 spiro atoms. The number of carbonyl (C=O) groups is 1. The zero-order valence-electron chi connectivity index (χ0n) is 38.0. The van der Waals surface area contributed by atoms with Gasteiger partial charge in [0.25, 0.3) is 7.82 Å². The zero-order valence-corrected chi connectivity index (χ0v) is 38.9. The Morgan fingerprint density at radius 3 is 1.59 bits per heavy atom. The van der Waals surface area contributed by atoms with Crippen LogP contribution in [0.25, 0.3) is 0 Å². The number of aliphatic hydroxyl groups is 1. The molecule has 9 heteroatoms. The van der Waals surface area contributed by atoms with E-state index in [4.69, 9.17) is 9.05 Å². The molecule has 0 aliphatic heterocycles. The SMILES string of the molecule is CC/C=C\C/C=C\C/C=C\C/C=C\CCCCCCCCCCCCCCCCCCC(=O)NC(COP(=O)([O-])OCC[N+](C)(C)C)C(O)/C=C/CC/C=C/CCC. The summed E-state index contributed by atoms with van der Waals surface area (Å²) in [6.07, 6.45) is 54.3. The van der Waals surface area contributed by atoms with E-state index in [9.17, 15) is 19.4 Å². The average Bonchev–Trinajstić information content (AvgIpc) is 3.17. The summed E-state index contributed by atoms with van der Waals surface area (Å²) in [6.45, 7) is 4.38. The lowest BCUT2D eigenvalue weighted by molar-refractivity contribution is -0.870. The topological polar surface area (TPSA) is 108 Å². The van der Waals surface area contributed by atoms with Crippen LogP contribution in [-0.4, -0.2) is 68.5 Å². The van der Waals surface area contributed by atoms with Gasteiger partial charge in [-0.3, -0.25) is 9.36 Å². The summed E-state index contributed by atoms with van der Waals surface area (Å²) >= 11 is 0. The van der Waals surface area contributed by atoms with Gasteiger partial charge in [0.1, 0.15) is 13.2 Å². The summed E-state index contributed by atoms with van der Waals surface area (Å²) in [6, 6.07) is -0.902. The largest absolute Gasteiger partial charge is 0.756 e. The molecular formula is C49H89N2O6P. The fourth-order valence-corrected chi connectivity index (χ4v) is 6.95. The van der Waals surface area contributed by atoms with E-state index in [1.807, 2.05) is 27.2 Å². The van der Waals surface area contributed by atoms with Crippen LogP contribution in [0.3, 0.4) is 0 Å². The first-order chi connectivity index (χ1) is 28.0. The van der Waals surface area contributed by atoms with Crippen LogP contribution in [0.5, 0.6) is 0 Å². The third-order valence-corrected chi connectivity index (χ3v) is 10.8. The van der Waals surface area contributed by atoms with E-state index in [1.54, 1.807) is 6.08 Å². The second-order valence-electron chi connectivity index (χ2n) is 16.7. The number of unbranched alkanes of at least 4 members (excludes halogenated alkanes) is 18. The number of phosphoric acid groups is 1. The van der Waals surface area contributed by atoms with Gasteiger partial charge < -0.3 is 28.8 Å². The highest BCUT2D eigenvalue weighted by molar-refractivity contribution is 7.45. The van der Waals surface area contributed by atoms with Crippen LogP contribution in [0.2, 0.25) is 0 Å². The summed E-state index contributed by atoms with van der Waals surface area (Å²) in [5.41, 5.74) is 0. The van der Waals surface area contributed by atoms with Crippen LogP contribution in [0.15, 0.2) is 72.9 Å². The summed E-state index contributed by atoms with van der Waals surface area (Å²) in [5, 5.41) is 13.6. The van der Waals surface area contributed by atoms with Gasteiger partial charge in [-0.2, -0.15) is 0 Å². The van der Waals surface area contributed by atoms with Crippen molar-refractivity contribution in [1.29, 1.82) is 0 Å². The van der Waals surface area contributed by atoms with Crippen molar-refractivity contribution in [3.05, 3.63) is 72.9 Å². The highest BCUT2D eigenvalue weighted by Gasteiger charge is 2.23. The molecular weight excluding hydrogens is 744 g/mol. The van der Waals surface area contributed by atoms with Crippen molar-refractivity contribution in [3.63, 3.8) is 0 Å². The van der Waals surface area contributed by atoms with E-state index >= 15 is 0 Å². The fraction of sp³-hybridized carbons (Fsp3) is 0.735. The van der Waals surface area contributed by atoms with E-state index in [0.29, 0.717) is 17.4 Å². The van der Waals surface area contributed by atoms with Gasteiger partial charge in [0.2, 0.25) is 5.91 Å². The molecule has 3 unspecified atom stereocenters. The number of phosphoric ester groups is 1. The third kappa shape index (κ3) is 42.1. The number of rotatable bonds is 41. The molecule has 0 aromatic carbocycles. The Morgan fingerprint density at radius 1 is 0.621 bits per heavy atom. The molecule has 0 radical (unpaired) electrons. The number of quaternary nitrogens is 1. The number of carbonyl (C=O) groups excluding carboxylic acids is 1. The smallest absolute Gasteiger partial charge is 0.268 e. The Bertz CT molecular complexity index is 1170. The Labute approximate surface area is 357 Å². The number of hydrogen-bond acceptors (Lipinski definition) is 6. The minimum absolute atomic E-state index is 0.00902. The van der Waals surface area contributed by atoms with Crippen LogP contribution in [0.4, 0.5) is 0 Å². The van der Waals surface area contributed by atoms with Gasteiger partial charge in [-0.1, -0.05) is 183 Å². The number of nitrogens with one attached hydrogen (secondary N) is 1. The maximum atomic E-state index is 12.8. The third-order valence-electron chi connectivity index (χ3n) is 9.88. The number of aliphatic hydroxyl groups excluding tert-OH is 1. The predicted octanol–water partition coefficient (Wildman–Crippen LogP) is 12.6. The molecule has 1 amide bonds. The molecule has 0 bridgehead atoms. The van der Waals surface area contributed by atoms with E-state index in [-0.39, 0.29) is 12.5 Å². The Kier molecular flexibility index (Phi) is 38.9. The monoisotopic (exact) mass is 833 g/mol. The second-order valence-corrected chi connectivity index (χ2v) is 18.1. The summed E-state index contributed by atoms with van der Waals surface area (Å²) in [4.78, 5) is 25.2. The lowest BCUT2D eigenvalue weighted by atomic mass is 10.0. The summed E-state index contributed by atoms with van der Waals surface area (Å²) in [7, 11) is 1.23. The highest BCUT2D eigenvalue weighted by Crippen LogP contribution is 2.38. The summed E-state index contributed by atoms with van der Waals surface area (Å²) < 4.78 is 23.1. The fourth-order valence-electron chi connectivity index (χ4n) is 6.22.